The lowest BCUT2D eigenvalue weighted by Gasteiger charge is -2.13. The van der Waals surface area contributed by atoms with E-state index >= 15 is 0 Å². The second kappa shape index (κ2) is 4.58. The SMILES string of the molecule is C=C(C)C.CC1(C)CCCC1. The van der Waals surface area contributed by atoms with Gasteiger partial charge < -0.3 is 0 Å². The van der Waals surface area contributed by atoms with Gasteiger partial charge in [-0.25, -0.2) is 0 Å². The first-order valence-corrected chi connectivity index (χ1v) is 4.56. The molecule has 0 heteroatoms. The van der Waals surface area contributed by atoms with Gasteiger partial charge in [0.15, 0.2) is 0 Å². The summed E-state index contributed by atoms with van der Waals surface area (Å²) in [5.41, 5.74) is 1.86. The van der Waals surface area contributed by atoms with E-state index in [2.05, 4.69) is 20.4 Å². The summed E-state index contributed by atoms with van der Waals surface area (Å²) < 4.78 is 0. The smallest absolute Gasteiger partial charge is 0.0354 e. The third kappa shape index (κ3) is 7.64. The van der Waals surface area contributed by atoms with Gasteiger partial charge >= 0.3 is 0 Å². The van der Waals surface area contributed by atoms with Crippen LogP contribution in [0.15, 0.2) is 12.2 Å². The quantitative estimate of drug-likeness (QED) is 0.459. The third-order valence-corrected chi connectivity index (χ3v) is 1.96. The van der Waals surface area contributed by atoms with Crippen molar-refractivity contribution in [2.45, 2.75) is 53.4 Å². The molecule has 0 saturated heterocycles. The van der Waals surface area contributed by atoms with Crippen LogP contribution in [0.5, 0.6) is 0 Å². The summed E-state index contributed by atoms with van der Waals surface area (Å²) in [6.07, 6.45) is 5.83. The largest absolute Gasteiger partial charge is 0.100 e. The van der Waals surface area contributed by atoms with Crippen molar-refractivity contribution in [1.82, 2.24) is 0 Å². The number of allylic oxidation sites excluding steroid dienone is 1. The molecule has 1 saturated carbocycles. The minimum Gasteiger partial charge on any atom is -0.100 e. The predicted molar refractivity (Wildman–Crippen MR) is 52.7 cm³/mol. The van der Waals surface area contributed by atoms with Crippen LogP contribution < -0.4 is 0 Å². The Morgan fingerprint density at radius 3 is 1.45 bits per heavy atom. The third-order valence-electron chi connectivity index (χ3n) is 1.96. The molecule has 0 spiro atoms. The predicted octanol–water partition coefficient (Wildman–Crippen LogP) is 4.17. The van der Waals surface area contributed by atoms with E-state index in [9.17, 15) is 0 Å². The van der Waals surface area contributed by atoms with Crippen molar-refractivity contribution in [3.05, 3.63) is 12.2 Å². The molecule has 0 aromatic heterocycles. The maximum atomic E-state index is 3.56. The first-order chi connectivity index (χ1) is 4.94. The van der Waals surface area contributed by atoms with Crippen LogP contribution >= 0.6 is 0 Å². The van der Waals surface area contributed by atoms with Crippen LogP contribution in [-0.4, -0.2) is 0 Å². The summed E-state index contributed by atoms with van der Waals surface area (Å²) in [6, 6.07) is 0. The lowest BCUT2D eigenvalue weighted by atomic mass is 9.92. The molecule has 0 atom stereocenters. The zero-order valence-corrected chi connectivity index (χ0v) is 8.54. The molecule has 0 heterocycles. The van der Waals surface area contributed by atoms with Gasteiger partial charge in [0.2, 0.25) is 0 Å². The summed E-state index contributed by atoms with van der Waals surface area (Å²) in [6.45, 7) is 12.2. The summed E-state index contributed by atoms with van der Waals surface area (Å²) in [7, 11) is 0. The Morgan fingerprint density at radius 1 is 1.09 bits per heavy atom. The maximum absolute atomic E-state index is 3.56. The Hall–Kier alpha value is -0.260. The molecule has 0 bridgehead atoms. The Balaban J connectivity index is 0.000000218. The minimum atomic E-state index is 0.694. The molecule has 1 rings (SSSR count). The highest BCUT2D eigenvalue weighted by atomic mass is 14.3. The summed E-state index contributed by atoms with van der Waals surface area (Å²) >= 11 is 0. The summed E-state index contributed by atoms with van der Waals surface area (Å²) in [4.78, 5) is 0. The Bertz CT molecular complexity index is 108. The molecule has 0 aliphatic heterocycles. The van der Waals surface area contributed by atoms with E-state index in [1.54, 1.807) is 0 Å². The zero-order valence-electron chi connectivity index (χ0n) is 8.54. The van der Waals surface area contributed by atoms with Crippen molar-refractivity contribution < 1.29 is 0 Å². The number of rotatable bonds is 0. The van der Waals surface area contributed by atoms with E-state index in [4.69, 9.17) is 0 Å². The number of hydrogen-bond donors (Lipinski definition) is 0. The van der Waals surface area contributed by atoms with Gasteiger partial charge in [-0.05, 0) is 32.1 Å². The van der Waals surface area contributed by atoms with Crippen molar-refractivity contribution in [2.24, 2.45) is 5.41 Å². The number of hydrogen-bond acceptors (Lipinski definition) is 0. The molecule has 1 aliphatic carbocycles. The van der Waals surface area contributed by atoms with Gasteiger partial charge in [0.25, 0.3) is 0 Å². The van der Waals surface area contributed by atoms with Crippen LogP contribution in [0, 0.1) is 5.41 Å². The van der Waals surface area contributed by atoms with Crippen LogP contribution in [0.1, 0.15) is 53.4 Å². The van der Waals surface area contributed by atoms with Gasteiger partial charge in [0, 0.05) is 0 Å². The lowest BCUT2D eigenvalue weighted by molar-refractivity contribution is 0.382. The van der Waals surface area contributed by atoms with Crippen molar-refractivity contribution >= 4 is 0 Å². The van der Waals surface area contributed by atoms with Crippen molar-refractivity contribution in [2.75, 3.05) is 0 Å². The van der Waals surface area contributed by atoms with E-state index in [1.165, 1.54) is 31.3 Å². The molecule has 0 aromatic carbocycles. The molecule has 0 radical (unpaired) electrons. The average molecular weight is 154 g/mol. The van der Waals surface area contributed by atoms with Gasteiger partial charge in [-0.2, -0.15) is 0 Å². The normalized spacial score (nSPS) is 20.4. The van der Waals surface area contributed by atoms with Gasteiger partial charge in [-0.3, -0.25) is 0 Å². The van der Waals surface area contributed by atoms with Gasteiger partial charge in [-0.15, -0.1) is 6.58 Å². The highest BCUT2D eigenvalue weighted by Gasteiger charge is 2.21. The van der Waals surface area contributed by atoms with E-state index in [1.807, 2.05) is 13.8 Å². The first kappa shape index (κ1) is 10.7. The second-order valence-electron chi connectivity index (χ2n) is 4.58. The molecule has 0 unspecified atom stereocenters. The molecule has 0 nitrogen and oxygen atoms in total. The van der Waals surface area contributed by atoms with E-state index < -0.39 is 0 Å². The van der Waals surface area contributed by atoms with Gasteiger partial charge in [0.05, 0.1) is 0 Å². The first-order valence-electron chi connectivity index (χ1n) is 4.56. The molecule has 0 N–H and O–H groups in total. The second-order valence-corrected chi connectivity index (χ2v) is 4.58. The standard InChI is InChI=1S/C7H14.C4H8/c1-7(2)5-3-4-6-7;1-4(2)3/h3-6H2,1-2H3;1H2,2-3H3. The maximum Gasteiger partial charge on any atom is -0.0354 e. The molecular weight excluding hydrogens is 132 g/mol. The minimum absolute atomic E-state index is 0.694. The monoisotopic (exact) mass is 154 g/mol. The Morgan fingerprint density at radius 2 is 1.36 bits per heavy atom. The fraction of sp³-hybridized carbons (Fsp3) is 0.818. The Kier molecular flexibility index (Phi) is 4.48. The van der Waals surface area contributed by atoms with Crippen LogP contribution in [0.2, 0.25) is 0 Å². The Labute approximate surface area is 71.7 Å². The van der Waals surface area contributed by atoms with E-state index in [0.29, 0.717) is 5.41 Å². The van der Waals surface area contributed by atoms with Crippen molar-refractivity contribution in [3.8, 4) is 0 Å². The van der Waals surface area contributed by atoms with E-state index in [-0.39, 0.29) is 0 Å². The zero-order chi connectivity index (χ0) is 8.91. The molecule has 66 valence electrons. The fourth-order valence-electron chi connectivity index (χ4n) is 1.33. The molecular formula is C11H22. The lowest BCUT2D eigenvalue weighted by Crippen LogP contribution is -2.01. The van der Waals surface area contributed by atoms with Gasteiger partial charge in [-0.1, -0.05) is 32.3 Å². The molecule has 11 heavy (non-hydrogen) atoms. The van der Waals surface area contributed by atoms with Crippen LogP contribution in [-0.2, 0) is 0 Å². The van der Waals surface area contributed by atoms with Crippen LogP contribution in [0.3, 0.4) is 0 Å². The average Bonchev–Trinajstić information content (AvgIpc) is 2.11. The molecule has 1 aliphatic rings. The van der Waals surface area contributed by atoms with Crippen LogP contribution in [0.4, 0.5) is 0 Å². The summed E-state index contributed by atoms with van der Waals surface area (Å²) in [5.74, 6) is 0. The van der Waals surface area contributed by atoms with Crippen molar-refractivity contribution in [3.63, 3.8) is 0 Å². The summed E-state index contributed by atoms with van der Waals surface area (Å²) in [5, 5.41) is 0. The van der Waals surface area contributed by atoms with Gasteiger partial charge in [0.1, 0.15) is 0 Å². The van der Waals surface area contributed by atoms with Crippen LogP contribution in [0.25, 0.3) is 0 Å². The molecule has 0 amide bonds. The molecule has 1 fully saturated rings. The highest BCUT2D eigenvalue weighted by Crippen LogP contribution is 2.36. The fourth-order valence-corrected chi connectivity index (χ4v) is 1.33. The van der Waals surface area contributed by atoms with Crippen molar-refractivity contribution in [1.29, 1.82) is 0 Å². The highest BCUT2D eigenvalue weighted by molar-refractivity contribution is 4.78. The van der Waals surface area contributed by atoms with E-state index in [0.717, 1.165) is 0 Å². The molecule has 0 aromatic rings. The topological polar surface area (TPSA) is 0 Å².